The average molecular weight is 286 g/mol. The van der Waals surface area contributed by atoms with Gasteiger partial charge in [-0.25, -0.2) is 4.79 Å². The maximum atomic E-state index is 11.2. The van der Waals surface area contributed by atoms with E-state index < -0.39 is 11.6 Å². The van der Waals surface area contributed by atoms with E-state index in [9.17, 15) is 15.0 Å². The standard InChI is InChI=1S/C17H18O4/c1-12-8-9-15(14(10-12)16(18)19)21-11-17(2,20)13-6-4-3-5-7-13/h3-10,20H,11H2,1-2H3,(H,18,19). The van der Waals surface area contributed by atoms with Gasteiger partial charge in [-0.05, 0) is 31.5 Å². The van der Waals surface area contributed by atoms with Crippen molar-refractivity contribution in [2.75, 3.05) is 6.61 Å². The van der Waals surface area contributed by atoms with Gasteiger partial charge < -0.3 is 14.9 Å². The van der Waals surface area contributed by atoms with Gasteiger partial charge in [-0.2, -0.15) is 0 Å². The topological polar surface area (TPSA) is 66.8 Å². The lowest BCUT2D eigenvalue weighted by molar-refractivity contribution is 0.00701. The monoisotopic (exact) mass is 286 g/mol. The number of carbonyl (C=O) groups is 1. The maximum absolute atomic E-state index is 11.2. The minimum Gasteiger partial charge on any atom is -0.489 e. The quantitative estimate of drug-likeness (QED) is 0.886. The number of carboxylic acid groups (broad SMARTS) is 1. The number of benzene rings is 2. The highest BCUT2D eigenvalue weighted by atomic mass is 16.5. The zero-order chi connectivity index (χ0) is 15.5. The maximum Gasteiger partial charge on any atom is 0.339 e. The molecule has 0 amide bonds. The van der Waals surface area contributed by atoms with E-state index >= 15 is 0 Å². The van der Waals surface area contributed by atoms with E-state index in [4.69, 9.17) is 4.74 Å². The van der Waals surface area contributed by atoms with E-state index in [1.54, 1.807) is 37.3 Å². The van der Waals surface area contributed by atoms with Crippen LogP contribution in [0.3, 0.4) is 0 Å². The summed E-state index contributed by atoms with van der Waals surface area (Å²) >= 11 is 0. The van der Waals surface area contributed by atoms with Gasteiger partial charge in [0.2, 0.25) is 0 Å². The average Bonchev–Trinajstić information content (AvgIpc) is 2.47. The zero-order valence-corrected chi connectivity index (χ0v) is 12.0. The van der Waals surface area contributed by atoms with Gasteiger partial charge in [0.05, 0.1) is 0 Å². The van der Waals surface area contributed by atoms with Crippen molar-refractivity contribution in [1.29, 1.82) is 0 Å². The van der Waals surface area contributed by atoms with Crippen LogP contribution in [-0.4, -0.2) is 22.8 Å². The summed E-state index contributed by atoms with van der Waals surface area (Å²) in [4.78, 5) is 11.2. The predicted octanol–water partition coefficient (Wildman–Crippen LogP) is 2.98. The fourth-order valence-corrected chi connectivity index (χ4v) is 2.04. The molecule has 0 aliphatic heterocycles. The Bertz CT molecular complexity index is 632. The van der Waals surface area contributed by atoms with Crippen LogP contribution >= 0.6 is 0 Å². The Morgan fingerprint density at radius 2 is 1.86 bits per heavy atom. The van der Waals surface area contributed by atoms with Gasteiger partial charge in [-0.1, -0.05) is 42.0 Å². The summed E-state index contributed by atoms with van der Waals surface area (Å²) in [7, 11) is 0. The smallest absolute Gasteiger partial charge is 0.339 e. The Morgan fingerprint density at radius 3 is 2.48 bits per heavy atom. The molecule has 0 bridgehead atoms. The van der Waals surface area contributed by atoms with Crippen LogP contribution in [0.1, 0.15) is 28.4 Å². The zero-order valence-electron chi connectivity index (χ0n) is 12.0. The lowest BCUT2D eigenvalue weighted by atomic mass is 9.97. The number of aromatic carboxylic acids is 1. The van der Waals surface area contributed by atoms with Gasteiger partial charge in [-0.15, -0.1) is 0 Å². The van der Waals surface area contributed by atoms with E-state index in [2.05, 4.69) is 0 Å². The number of rotatable bonds is 5. The van der Waals surface area contributed by atoms with Gasteiger partial charge in [0.25, 0.3) is 0 Å². The molecule has 1 unspecified atom stereocenters. The van der Waals surface area contributed by atoms with Crippen molar-refractivity contribution in [3.63, 3.8) is 0 Å². The largest absolute Gasteiger partial charge is 0.489 e. The molecule has 0 saturated heterocycles. The first-order valence-electron chi connectivity index (χ1n) is 6.65. The second-order valence-electron chi connectivity index (χ2n) is 5.23. The van der Waals surface area contributed by atoms with Crippen LogP contribution in [0.4, 0.5) is 0 Å². The molecule has 2 aromatic carbocycles. The fraction of sp³-hybridized carbons (Fsp3) is 0.235. The third-order valence-electron chi connectivity index (χ3n) is 3.27. The molecule has 110 valence electrons. The van der Waals surface area contributed by atoms with Crippen LogP contribution in [0.15, 0.2) is 48.5 Å². The molecule has 0 radical (unpaired) electrons. The first kappa shape index (κ1) is 15.1. The highest BCUT2D eigenvalue weighted by Crippen LogP contribution is 2.25. The highest BCUT2D eigenvalue weighted by Gasteiger charge is 2.24. The summed E-state index contributed by atoms with van der Waals surface area (Å²) in [6.07, 6.45) is 0. The molecule has 1 atom stereocenters. The van der Waals surface area contributed by atoms with E-state index in [-0.39, 0.29) is 17.9 Å². The number of hydrogen-bond donors (Lipinski definition) is 2. The number of carboxylic acids is 1. The normalized spacial score (nSPS) is 13.5. The van der Waals surface area contributed by atoms with Crippen LogP contribution < -0.4 is 4.74 Å². The summed E-state index contributed by atoms with van der Waals surface area (Å²) in [5, 5.41) is 19.7. The van der Waals surface area contributed by atoms with Crippen LogP contribution in [0.5, 0.6) is 5.75 Å². The van der Waals surface area contributed by atoms with Crippen LogP contribution in [-0.2, 0) is 5.60 Å². The van der Waals surface area contributed by atoms with Crippen molar-refractivity contribution >= 4 is 5.97 Å². The summed E-state index contributed by atoms with van der Waals surface area (Å²) in [6, 6.07) is 14.1. The molecule has 21 heavy (non-hydrogen) atoms. The molecule has 0 heterocycles. The highest BCUT2D eigenvalue weighted by molar-refractivity contribution is 5.91. The van der Waals surface area contributed by atoms with Crippen molar-refractivity contribution in [1.82, 2.24) is 0 Å². The van der Waals surface area contributed by atoms with E-state index in [0.717, 1.165) is 5.56 Å². The van der Waals surface area contributed by atoms with Gasteiger partial charge in [0, 0.05) is 0 Å². The molecule has 0 fully saturated rings. The Labute approximate surface area is 123 Å². The third kappa shape index (κ3) is 3.61. The van der Waals surface area contributed by atoms with Crippen molar-refractivity contribution in [2.45, 2.75) is 19.4 Å². The van der Waals surface area contributed by atoms with Crippen molar-refractivity contribution in [2.24, 2.45) is 0 Å². The van der Waals surface area contributed by atoms with Crippen LogP contribution in [0, 0.1) is 6.92 Å². The fourth-order valence-electron chi connectivity index (χ4n) is 2.04. The minimum atomic E-state index is -1.19. The first-order chi connectivity index (χ1) is 9.90. The second kappa shape index (κ2) is 5.97. The molecule has 0 spiro atoms. The number of hydrogen-bond acceptors (Lipinski definition) is 3. The molecule has 0 aromatic heterocycles. The lowest BCUT2D eigenvalue weighted by Crippen LogP contribution is -2.29. The molecule has 4 nitrogen and oxygen atoms in total. The third-order valence-corrected chi connectivity index (χ3v) is 3.27. The molecule has 0 saturated carbocycles. The molecular formula is C17H18O4. The summed E-state index contributed by atoms with van der Waals surface area (Å²) in [6.45, 7) is 3.42. The molecule has 4 heteroatoms. The summed E-state index contributed by atoms with van der Waals surface area (Å²) < 4.78 is 5.54. The SMILES string of the molecule is Cc1ccc(OCC(C)(O)c2ccccc2)c(C(=O)O)c1. The Morgan fingerprint density at radius 1 is 1.19 bits per heavy atom. The summed E-state index contributed by atoms with van der Waals surface area (Å²) in [5.74, 6) is -0.794. The van der Waals surface area contributed by atoms with E-state index in [1.165, 1.54) is 0 Å². The lowest BCUT2D eigenvalue weighted by Gasteiger charge is -2.24. The van der Waals surface area contributed by atoms with Crippen molar-refractivity contribution in [3.8, 4) is 5.75 Å². The van der Waals surface area contributed by atoms with Crippen molar-refractivity contribution in [3.05, 3.63) is 65.2 Å². The Kier molecular flexibility index (Phi) is 4.29. The molecule has 2 N–H and O–H groups in total. The number of aliphatic hydroxyl groups is 1. The van der Waals surface area contributed by atoms with Crippen LogP contribution in [0.2, 0.25) is 0 Å². The minimum absolute atomic E-state index is 0.0274. The van der Waals surface area contributed by atoms with Gasteiger partial charge in [0.1, 0.15) is 23.5 Å². The molecule has 2 rings (SSSR count). The molecule has 0 aliphatic carbocycles. The van der Waals surface area contributed by atoms with Gasteiger partial charge in [0.15, 0.2) is 0 Å². The Hall–Kier alpha value is -2.33. The first-order valence-corrected chi connectivity index (χ1v) is 6.65. The van der Waals surface area contributed by atoms with Gasteiger partial charge >= 0.3 is 5.97 Å². The van der Waals surface area contributed by atoms with Gasteiger partial charge in [-0.3, -0.25) is 0 Å². The predicted molar refractivity (Wildman–Crippen MR) is 79.6 cm³/mol. The Balaban J connectivity index is 2.18. The van der Waals surface area contributed by atoms with E-state index in [0.29, 0.717) is 5.56 Å². The molecular weight excluding hydrogens is 268 g/mol. The second-order valence-corrected chi connectivity index (χ2v) is 5.23. The van der Waals surface area contributed by atoms with Crippen molar-refractivity contribution < 1.29 is 19.7 Å². The summed E-state index contributed by atoms with van der Waals surface area (Å²) in [5.41, 5.74) is 0.462. The van der Waals surface area contributed by atoms with E-state index in [1.807, 2.05) is 25.1 Å². The molecule has 0 aliphatic rings. The number of ether oxygens (including phenoxy) is 1. The molecule has 2 aromatic rings. The number of aryl methyl sites for hydroxylation is 1. The van der Waals surface area contributed by atoms with Crippen LogP contribution in [0.25, 0.3) is 0 Å².